The van der Waals surface area contributed by atoms with Crippen LogP contribution >= 0.6 is 0 Å². The molecule has 5 heteroatoms. The molecule has 0 bridgehead atoms. The van der Waals surface area contributed by atoms with E-state index in [9.17, 15) is 9.59 Å². The Morgan fingerprint density at radius 3 is 2.75 bits per heavy atom. The highest BCUT2D eigenvalue weighted by Crippen LogP contribution is 2.32. The number of hydrogen-bond donors (Lipinski definition) is 1. The maximum Gasteiger partial charge on any atom is 0.331 e. The molecule has 1 atom stereocenters. The number of carbonyl (C=O) groups is 2. The van der Waals surface area contributed by atoms with Crippen molar-refractivity contribution in [3.8, 4) is 5.75 Å². The summed E-state index contributed by atoms with van der Waals surface area (Å²) in [5, 5.41) is 2.97. The van der Waals surface area contributed by atoms with Crippen LogP contribution < -0.4 is 15.0 Å². The Labute approximate surface area is 141 Å². The van der Waals surface area contributed by atoms with Gasteiger partial charge in [0.2, 0.25) is 5.91 Å². The molecule has 1 N–H and O–H groups in total. The lowest BCUT2D eigenvalue weighted by Crippen LogP contribution is -2.43. The Hall–Kier alpha value is -2.82. The molecular formula is C19H20N2O3. The third-order valence-electron chi connectivity index (χ3n) is 4.01. The summed E-state index contributed by atoms with van der Waals surface area (Å²) in [6.07, 6.45) is 0. The quantitative estimate of drug-likeness (QED) is 0.694. The highest BCUT2D eigenvalue weighted by molar-refractivity contribution is 5.89. The molecule has 24 heavy (non-hydrogen) atoms. The summed E-state index contributed by atoms with van der Waals surface area (Å²) in [6, 6.07) is 15.3. The zero-order valence-corrected chi connectivity index (χ0v) is 13.8. The molecular weight excluding hydrogens is 304 g/mol. The second-order valence-corrected chi connectivity index (χ2v) is 6.00. The van der Waals surface area contributed by atoms with E-state index in [1.165, 1.54) is 0 Å². The SMILES string of the molecule is Cc1ccc2c(c1)OC(=O)CN2CC(=O)NC(C)c1ccccc1. The van der Waals surface area contributed by atoms with Gasteiger partial charge < -0.3 is 15.0 Å². The minimum Gasteiger partial charge on any atom is -0.423 e. The molecule has 1 heterocycles. The molecule has 0 saturated heterocycles. The number of aryl methyl sites for hydroxylation is 1. The van der Waals surface area contributed by atoms with Gasteiger partial charge in [0.15, 0.2) is 5.75 Å². The van der Waals surface area contributed by atoms with E-state index in [2.05, 4.69) is 5.32 Å². The van der Waals surface area contributed by atoms with Crippen LogP contribution in [0.3, 0.4) is 0 Å². The standard InChI is InChI=1S/C19H20N2O3/c1-13-8-9-16-17(10-13)24-19(23)12-21(16)11-18(22)20-14(2)15-6-4-3-5-7-15/h3-10,14H,11-12H2,1-2H3,(H,20,22). The van der Waals surface area contributed by atoms with E-state index in [1.807, 2.05) is 62.4 Å². The number of fused-ring (bicyclic) bond motifs is 1. The Balaban J connectivity index is 1.70. The number of benzene rings is 2. The molecule has 0 radical (unpaired) electrons. The lowest BCUT2D eigenvalue weighted by molar-refractivity contribution is -0.133. The lowest BCUT2D eigenvalue weighted by atomic mass is 10.1. The normalized spacial score (nSPS) is 14.6. The van der Waals surface area contributed by atoms with E-state index < -0.39 is 0 Å². The second-order valence-electron chi connectivity index (χ2n) is 6.00. The van der Waals surface area contributed by atoms with E-state index in [-0.39, 0.29) is 31.0 Å². The average Bonchev–Trinajstić information content (AvgIpc) is 2.54. The topological polar surface area (TPSA) is 58.6 Å². The highest BCUT2D eigenvalue weighted by Gasteiger charge is 2.26. The van der Waals surface area contributed by atoms with Gasteiger partial charge in [-0.3, -0.25) is 4.79 Å². The molecule has 5 nitrogen and oxygen atoms in total. The first kappa shape index (κ1) is 16.1. The predicted octanol–water partition coefficient (Wildman–Crippen LogP) is 2.60. The fraction of sp³-hybridized carbons (Fsp3) is 0.263. The molecule has 1 aliphatic heterocycles. The highest BCUT2D eigenvalue weighted by atomic mass is 16.5. The fourth-order valence-corrected chi connectivity index (χ4v) is 2.79. The predicted molar refractivity (Wildman–Crippen MR) is 92.0 cm³/mol. The molecule has 1 unspecified atom stereocenters. The first-order valence-corrected chi connectivity index (χ1v) is 7.93. The van der Waals surface area contributed by atoms with Gasteiger partial charge in [-0.1, -0.05) is 36.4 Å². The van der Waals surface area contributed by atoms with Crippen LogP contribution in [0.5, 0.6) is 5.75 Å². The Morgan fingerprint density at radius 1 is 1.25 bits per heavy atom. The average molecular weight is 324 g/mol. The van der Waals surface area contributed by atoms with E-state index in [4.69, 9.17) is 4.74 Å². The van der Waals surface area contributed by atoms with Gasteiger partial charge >= 0.3 is 5.97 Å². The summed E-state index contributed by atoms with van der Waals surface area (Å²) in [4.78, 5) is 25.9. The third-order valence-corrected chi connectivity index (χ3v) is 4.01. The van der Waals surface area contributed by atoms with Crippen LogP contribution in [0.2, 0.25) is 0 Å². The van der Waals surface area contributed by atoms with Gasteiger partial charge in [0.25, 0.3) is 0 Å². The lowest BCUT2D eigenvalue weighted by Gasteiger charge is -2.29. The van der Waals surface area contributed by atoms with Crippen molar-refractivity contribution in [2.75, 3.05) is 18.0 Å². The monoisotopic (exact) mass is 324 g/mol. The summed E-state index contributed by atoms with van der Waals surface area (Å²) >= 11 is 0. The van der Waals surface area contributed by atoms with E-state index in [1.54, 1.807) is 4.90 Å². The number of esters is 1. The third kappa shape index (κ3) is 3.56. The van der Waals surface area contributed by atoms with Crippen LogP contribution in [-0.4, -0.2) is 25.0 Å². The molecule has 0 fully saturated rings. The number of amides is 1. The summed E-state index contributed by atoms with van der Waals surface area (Å²) in [5.74, 6) is 0.0275. The summed E-state index contributed by atoms with van der Waals surface area (Å²) in [5.41, 5.74) is 2.81. The van der Waals surface area contributed by atoms with E-state index >= 15 is 0 Å². The number of rotatable bonds is 4. The number of hydrogen-bond acceptors (Lipinski definition) is 4. The molecule has 0 saturated carbocycles. The van der Waals surface area contributed by atoms with Crippen LogP contribution in [-0.2, 0) is 9.59 Å². The van der Waals surface area contributed by atoms with Crippen LogP contribution in [0.25, 0.3) is 0 Å². The molecule has 0 aromatic heterocycles. The first-order chi connectivity index (χ1) is 11.5. The van der Waals surface area contributed by atoms with Gasteiger partial charge in [0.1, 0.15) is 6.54 Å². The Morgan fingerprint density at radius 2 is 2.00 bits per heavy atom. The molecule has 0 aliphatic carbocycles. The van der Waals surface area contributed by atoms with Gasteiger partial charge in [-0.05, 0) is 37.1 Å². The summed E-state index contributed by atoms with van der Waals surface area (Å²) in [7, 11) is 0. The largest absolute Gasteiger partial charge is 0.423 e. The number of nitrogens with one attached hydrogen (secondary N) is 1. The maximum absolute atomic E-state index is 12.4. The number of carbonyl (C=O) groups excluding carboxylic acids is 2. The zero-order valence-electron chi connectivity index (χ0n) is 13.8. The zero-order chi connectivity index (χ0) is 17.1. The molecule has 1 aliphatic rings. The first-order valence-electron chi connectivity index (χ1n) is 7.93. The summed E-state index contributed by atoms with van der Waals surface area (Å²) < 4.78 is 5.26. The van der Waals surface area contributed by atoms with Crippen molar-refractivity contribution < 1.29 is 14.3 Å². The van der Waals surface area contributed by atoms with Crippen LogP contribution in [0, 0.1) is 6.92 Å². The van der Waals surface area contributed by atoms with Crippen molar-refractivity contribution in [2.24, 2.45) is 0 Å². The van der Waals surface area contributed by atoms with Gasteiger partial charge in [0, 0.05) is 0 Å². The van der Waals surface area contributed by atoms with Gasteiger partial charge in [0.05, 0.1) is 18.3 Å². The van der Waals surface area contributed by atoms with Crippen LogP contribution in [0.4, 0.5) is 5.69 Å². The van der Waals surface area contributed by atoms with Crippen LogP contribution in [0.15, 0.2) is 48.5 Å². The molecule has 124 valence electrons. The number of anilines is 1. The molecule has 2 aromatic rings. The molecule has 3 rings (SSSR count). The molecule has 2 aromatic carbocycles. The van der Waals surface area contributed by atoms with Crippen LogP contribution in [0.1, 0.15) is 24.1 Å². The second kappa shape index (κ2) is 6.74. The number of nitrogens with zero attached hydrogens (tertiary/aromatic N) is 1. The molecule has 0 spiro atoms. The van der Waals surface area contributed by atoms with E-state index in [0.29, 0.717) is 5.75 Å². The summed E-state index contributed by atoms with van der Waals surface area (Å²) in [6.45, 7) is 4.06. The van der Waals surface area contributed by atoms with Crippen molar-refractivity contribution in [3.05, 3.63) is 59.7 Å². The fourth-order valence-electron chi connectivity index (χ4n) is 2.79. The minimum atomic E-state index is -0.350. The van der Waals surface area contributed by atoms with E-state index in [0.717, 1.165) is 16.8 Å². The van der Waals surface area contributed by atoms with Crippen molar-refractivity contribution >= 4 is 17.6 Å². The minimum absolute atomic E-state index is 0.0726. The Bertz CT molecular complexity index is 758. The van der Waals surface area contributed by atoms with Crippen molar-refractivity contribution in [2.45, 2.75) is 19.9 Å². The van der Waals surface area contributed by atoms with Gasteiger partial charge in [-0.25, -0.2) is 4.79 Å². The van der Waals surface area contributed by atoms with Gasteiger partial charge in [-0.2, -0.15) is 0 Å². The van der Waals surface area contributed by atoms with Gasteiger partial charge in [-0.15, -0.1) is 0 Å². The maximum atomic E-state index is 12.4. The van der Waals surface area contributed by atoms with Crippen molar-refractivity contribution in [1.82, 2.24) is 5.32 Å². The number of ether oxygens (including phenoxy) is 1. The Kier molecular flexibility index (Phi) is 4.51. The van der Waals surface area contributed by atoms with Crippen molar-refractivity contribution in [3.63, 3.8) is 0 Å². The van der Waals surface area contributed by atoms with Crippen molar-refractivity contribution in [1.29, 1.82) is 0 Å². The molecule has 1 amide bonds. The smallest absolute Gasteiger partial charge is 0.331 e.